The molecule has 102 valence electrons. The molecule has 2 N–H and O–H groups in total. The Morgan fingerprint density at radius 1 is 1.32 bits per heavy atom. The molecule has 0 spiro atoms. The van der Waals surface area contributed by atoms with Crippen molar-refractivity contribution in [2.45, 2.75) is 19.0 Å². The highest BCUT2D eigenvalue weighted by molar-refractivity contribution is 5.92. The summed E-state index contributed by atoms with van der Waals surface area (Å²) >= 11 is 0. The van der Waals surface area contributed by atoms with Crippen molar-refractivity contribution >= 4 is 11.6 Å². The maximum atomic E-state index is 12.0. The van der Waals surface area contributed by atoms with Gasteiger partial charge in [0, 0.05) is 12.0 Å². The van der Waals surface area contributed by atoms with Crippen molar-refractivity contribution in [3.8, 4) is 11.8 Å². The highest BCUT2D eigenvalue weighted by Crippen LogP contribution is 2.22. The average Bonchev–Trinajstić information content (AvgIpc) is 2.34. The predicted molar refractivity (Wildman–Crippen MR) is 64.3 cm³/mol. The van der Waals surface area contributed by atoms with Crippen molar-refractivity contribution in [3.63, 3.8) is 0 Å². The van der Waals surface area contributed by atoms with Gasteiger partial charge in [-0.15, -0.1) is 0 Å². The van der Waals surface area contributed by atoms with E-state index in [2.05, 4.69) is 17.2 Å². The number of nitrogens with one attached hydrogen (secondary N) is 1. The predicted octanol–water partition coefficient (Wildman–Crippen LogP) is 2.31. The van der Waals surface area contributed by atoms with Crippen LogP contribution in [0.2, 0.25) is 0 Å². The van der Waals surface area contributed by atoms with Gasteiger partial charge in [0.05, 0.1) is 12.1 Å². The molecule has 0 saturated heterocycles. The maximum absolute atomic E-state index is 12.0. The van der Waals surface area contributed by atoms with Crippen LogP contribution in [0.1, 0.15) is 18.4 Å². The molecular weight excluding hydrogens is 259 g/mol. The molecule has 0 bridgehead atoms. The summed E-state index contributed by atoms with van der Waals surface area (Å²) in [5.74, 6) is 4.29. The molecule has 1 rings (SSSR count). The van der Waals surface area contributed by atoms with Crippen LogP contribution >= 0.6 is 0 Å². The number of anilines is 1. The van der Waals surface area contributed by atoms with Crippen molar-refractivity contribution in [2.75, 3.05) is 11.9 Å². The number of aliphatic hydroxyl groups is 1. The first-order valence-corrected chi connectivity index (χ1v) is 5.48. The summed E-state index contributed by atoms with van der Waals surface area (Å²) in [6.45, 7) is -0.337. The standard InChI is InChI=1S/C13H12F3NO2/c14-13(15,16)8-7-12(19)17-11-6-2-1-4-10(11)5-3-9-18/h1-2,4,6,18H,7-9H2,(H,17,19). The van der Waals surface area contributed by atoms with Crippen molar-refractivity contribution in [1.29, 1.82) is 0 Å². The molecule has 0 saturated carbocycles. The van der Waals surface area contributed by atoms with Crippen LogP contribution in [0.25, 0.3) is 0 Å². The Morgan fingerprint density at radius 2 is 2.00 bits per heavy atom. The van der Waals surface area contributed by atoms with Crippen molar-refractivity contribution in [1.82, 2.24) is 0 Å². The van der Waals surface area contributed by atoms with E-state index in [-0.39, 0.29) is 6.61 Å². The first-order chi connectivity index (χ1) is 8.92. The zero-order valence-electron chi connectivity index (χ0n) is 9.92. The number of hydrogen-bond donors (Lipinski definition) is 2. The number of carbonyl (C=O) groups excluding carboxylic acids is 1. The van der Waals surface area contributed by atoms with E-state index < -0.39 is 24.9 Å². The number of aliphatic hydroxyl groups excluding tert-OH is 1. The minimum Gasteiger partial charge on any atom is -0.384 e. The highest BCUT2D eigenvalue weighted by Gasteiger charge is 2.27. The van der Waals surface area contributed by atoms with Crippen LogP contribution in [0.15, 0.2) is 24.3 Å². The van der Waals surface area contributed by atoms with Crippen LogP contribution in [0.4, 0.5) is 18.9 Å². The van der Waals surface area contributed by atoms with Gasteiger partial charge in [-0.3, -0.25) is 4.79 Å². The number of rotatable bonds is 3. The lowest BCUT2D eigenvalue weighted by atomic mass is 10.1. The zero-order chi connectivity index (χ0) is 14.3. The molecule has 6 heteroatoms. The smallest absolute Gasteiger partial charge is 0.384 e. The van der Waals surface area contributed by atoms with Gasteiger partial charge in [-0.2, -0.15) is 13.2 Å². The maximum Gasteiger partial charge on any atom is 0.389 e. The summed E-state index contributed by atoms with van der Waals surface area (Å²) in [5.41, 5.74) is 0.771. The molecule has 1 amide bonds. The van der Waals surface area contributed by atoms with Crippen molar-refractivity contribution < 1.29 is 23.1 Å². The van der Waals surface area contributed by atoms with E-state index in [1.165, 1.54) is 6.07 Å². The van der Waals surface area contributed by atoms with Crippen molar-refractivity contribution in [3.05, 3.63) is 29.8 Å². The largest absolute Gasteiger partial charge is 0.389 e. The minimum absolute atomic E-state index is 0.329. The van der Waals surface area contributed by atoms with E-state index in [1.807, 2.05) is 0 Å². The second-order valence-electron chi connectivity index (χ2n) is 3.67. The molecule has 0 aliphatic heterocycles. The molecule has 0 fully saturated rings. The summed E-state index contributed by atoms with van der Waals surface area (Å²) < 4.78 is 35.9. The number of amides is 1. The summed E-state index contributed by atoms with van der Waals surface area (Å²) in [7, 11) is 0. The van der Waals surface area contributed by atoms with Crippen LogP contribution in [-0.2, 0) is 4.79 Å². The molecule has 0 heterocycles. The summed E-state index contributed by atoms with van der Waals surface area (Å²) in [6.07, 6.45) is -6.15. The number of hydrogen-bond acceptors (Lipinski definition) is 2. The normalized spacial score (nSPS) is 10.5. The fourth-order valence-electron chi connectivity index (χ4n) is 1.30. The van der Waals surface area contributed by atoms with Crippen molar-refractivity contribution in [2.24, 2.45) is 0 Å². The monoisotopic (exact) mass is 271 g/mol. The fraction of sp³-hybridized carbons (Fsp3) is 0.308. The van der Waals surface area contributed by atoms with Gasteiger partial charge >= 0.3 is 6.18 Å². The van der Waals surface area contributed by atoms with E-state index in [1.54, 1.807) is 18.2 Å². The van der Waals surface area contributed by atoms with E-state index >= 15 is 0 Å². The van der Waals surface area contributed by atoms with Crippen LogP contribution < -0.4 is 5.32 Å². The lowest BCUT2D eigenvalue weighted by molar-refractivity contribution is -0.142. The number of halogens is 3. The van der Waals surface area contributed by atoms with E-state index in [0.29, 0.717) is 11.3 Å². The Labute approximate surface area is 108 Å². The third-order valence-corrected chi connectivity index (χ3v) is 2.14. The third-order valence-electron chi connectivity index (χ3n) is 2.14. The molecule has 0 unspecified atom stereocenters. The second-order valence-corrected chi connectivity index (χ2v) is 3.67. The molecule has 0 aromatic heterocycles. The Morgan fingerprint density at radius 3 is 2.63 bits per heavy atom. The molecule has 0 aliphatic rings. The summed E-state index contributed by atoms with van der Waals surface area (Å²) in [5, 5.41) is 11.0. The first-order valence-electron chi connectivity index (χ1n) is 5.48. The Bertz CT molecular complexity index is 501. The number of para-hydroxylation sites is 1. The SMILES string of the molecule is O=C(CCC(F)(F)F)Nc1ccccc1C#CCO. The van der Waals surface area contributed by atoms with Crippen LogP contribution in [-0.4, -0.2) is 23.8 Å². The average molecular weight is 271 g/mol. The number of benzene rings is 1. The van der Waals surface area contributed by atoms with Gasteiger partial charge in [0.15, 0.2) is 0 Å². The zero-order valence-corrected chi connectivity index (χ0v) is 9.92. The summed E-state index contributed by atoms with van der Waals surface area (Å²) in [4.78, 5) is 11.4. The van der Waals surface area contributed by atoms with E-state index in [0.717, 1.165) is 0 Å². The molecule has 3 nitrogen and oxygen atoms in total. The van der Waals surface area contributed by atoms with Crippen LogP contribution in [0.3, 0.4) is 0 Å². The van der Waals surface area contributed by atoms with Gasteiger partial charge in [-0.1, -0.05) is 24.0 Å². The van der Waals surface area contributed by atoms with E-state index in [4.69, 9.17) is 5.11 Å². The van der Waals surface area contributed by atoms with Gasteiger partial charge in [-0.25, -0.2) is 0 Å². The molecule has 0 aliphatic carbocycles. The third kappa shape index (κ3) is 5.93. The van der Waals surface area contributed by atoms with Gasteiger partial charge < -0.3 is 10.4 Å². The van der Waals surface area contributed by atoms with Gasteiger partial charge in [-0.05, 0) is 12.1 Å². The lowest BCUT2D eigenvalue weighted by Gasteiger charge is -2.08. The highest BCUT2D eigenvalue weighted by atomic mass is 19.4. The van der Waals surface area contributed by atoms with Crippen LogP contribution in [0, 0.1) is 11.8 Å². The van der Waals surface area contributed by atoms with Crippen LogP contribution in [0.5, 0.6) is 0 Å². The molecule has 19 heavy (non-hydrogen) atoms. The molecule has 1 aromatic carbocycles. The quantitative estimate of drug-likeness (QED) is 0.829. The Hall–Kier alpha value is -2.00. The first kappa shape index (κ1) is 15.1. The second kappa shape index (κ2) is 6.81. The number of carbonyl (C=O) groups is 1. The topological polar surface area (TPSA) is 49.3 Å². The Balaban J connectivity index is 2.69. The molecule has 0 atom stereocenters. The number of alkyl halides is 3. The summed E-state index contributed by atoms with van der Waals surface area (Å²) in [6, 6.07) is 6.44. The minimum atomic E-state index is -4.35. The lowest BCUT2D eigenvalue weighted by Crippen LogP contribution is -2.17. The molecule has 0 radical (unpaired) electrons. The Kier molecular flexibility index (Phi) is 5.39. The van der Waals surface area contributed by atoms with Gasteiger partial charge in [0.25, 0.3) is 0 Å². The van der Waals surface area contributed by atoms with E-state index in [9.17, 15) is 18.0 Å². The van der Waals surface area contributed by atoms with Gasteiger partial charge in [0.2, 0.25) is 5.91 Å². The van der Waals surface area contributed by atoms with Gasteiger partial charge in [0.1, 0.15) is 6.61 Å². The fourth-order valence-corrected chi connectivity index (χ4v) is 1.30. The molecule has 1 aromatic rings. The molecular formula is C13H12F3NO2.